The summed E-state index contributed by atoms with van der Waals surface area (Å²) in [4.78, 5) is 45.7. The number of anilines is 2. The molecule has 0 saturated carbocycles. The Labute approximate surface area is 197 Å². The summed E-state index contributed by atoms with van der Waals surface area (Å²) in [6.45, 7) is 4.72. The normalized spacial score (nSPS) is 29.8. The van der Waals surface area contributed by atoms with Crippen LogP contribution in [0, 0.1) is 25.7 Å². The van der Waals surface area contributed by atoms with Gasteiger partial charge in [-0.2, -0.15) is 0 Å². The monoisotopic (exact) mass is 451 g/mol. The minimum Gasteiger partial charge on any atom is -0.324 e. The predicted molar refractivity (Wildman–Crippen MR) is 129 cm³/mol. The summed E-state index contributed by atoms with van der Waals surface area (Å²) in [5, 5.41) is 4.95. The zero-order valence-corrected chi connectivity index (χ0v) is 19.2. The molecule has 0 bridgehead atoms. The molecule has 3 amide bonds. The summed E-state index contributed by atoms with van der Waals surface area (Å²) in [6.07, 6.45) is 1.73. The highest BCUT2D eigenvalue weighted by molar-refractivity contribution is 6.28. The quantitative estimate of drug-likeness (QED) is 0.570. The maximum atomic E-state index is 14.3. The molecule has 0 unspecified atom stereocenters. The van der Waals surface area contributed by atoms with E-state index in [1.165, 1.54) is 4.90 Å². The van der Waals surface area contributed by atoms with Gasteiger partial charge in [-0.25, -0.2) is 4.90 Å². The summed E-state index contributed by atoms with van der Waals surface area (Å²) < 4.78 is 0. The molecule has 3 aromatic carbocycles. The molecule has 1 spiro atoms. The van der Waals surface area contributed by atoms with Crippen molar-refractivity contribution >= 4 is 39.9 Å². The SMILES string of the molecule is Cc1cc(C)c2c(c1)[C@]1(C(=O)N2)[C@@H]2C(=O)N(c3cccc4ccccc34)C(=O)[C@H]2[C@H]2CCCN21. The fourth-order valence-electron chi connectivity index (χ4n) is 7.30. The van der Waals surface area contributed by atoms with E-state index in [2.05, 4.69) is 16.3 Å². The van der Waals surface area contributed by atoms with Crippen molar-refractivity contribution in [3.63, 3.8) is 0 Å². The number of hydrogen-bond acceptors (Lipinski definition) is 4. The van der Waals surface area contributed by atoms with E-state index in [0.717, 1.165) is 46.0 Å². The topological polar surface area (TPSA) is 69.7 Å². The van der Waals surface area contributed by atoms with E-state index in [1.807, 2.05) is 62.4 Å². The molecule has 6 nitrogen and oxygen atoms in total. The van der Waals surface area contributed by atoms with E-state index in [1.54, 1.807) is 0 Å². The fourth-order valence-corrected chi connectivity index (χ4v) is 7.30. The number of carbonyl (C=O) groups is 3. The van der Waals surface area contributed by atoms with E-state index in [0.29, 0.717) is 12.2 Å². The van der Waals surface area contributed by atoms with Crippen molar-refractivity contribution < 1.29 is 14.4 Å². The van der Waals surface area contributed by atoms with Crippen molar-refractivity contribution in [2.75, 3.05) is 16.8 Å². The largest absolute Gasteiger partial charge is 0.324 e. The van der Waals surface area contributed by atoms with Gasteiger partial charge in [-0.15, -0.1) is 0 Å². The number of amides is 3. The molecule has 6 heteroatoms. The third kappa shape index (κ3) is 2.18. The lowest BCUT2D eigenvalue weighted by molar-refractivity contribution is -0.135. The van der Waals surface area contributed by atoms with E-state index in [-0.39, 0.29) is 23.8 Å². The zero-order chi connectivity index (χ0) is 23.4. The number of carbonyl (C=O) groups excluding carboxylic acids is 3. The summed E-state index contributed by atoms with van der Waals surface area (Å²) >= 11 is 0. The van der Waals surface area contributed by atoms with Crippen LogP contribution in [0.25, 0.3) is 10.8 Å². The van der Waals surface area contributed by atoms with Gasteiger partial charge >= 0.3 is 0 Å². The molecule has 4 atom stereocenters. The zero-order valence-electron chi connectivity index (χ0n) is 19.2. The third-order valence-electron chi connectivity index (χ3n) is 8.45. The highest BCUT2D eigenvalue weighted by Crippen LogP contribution is 2.61. The first-order valence-electron chi connectivity index (χ1n) is 12.0. The lowest BCUT2D eigenvalue weighted by atomic mass is 9.75. The van der Waals surface area contributed by atoms with Gasteiger partial charge in [0.05, 0.1) is 17.5 Å². The Balaban J connectivity index is 1.47. The first-order valence-corrected chi connectivity index (χ1v) is 12.0. The molecule has 34 heavy (non-hydrogen) atoms. The van der Waals surface area contributed by atoms with Crippen molar-refractivity contribution in [2.45, 2.75) is 38.3 Å². The molecule has 7 rings (SSSR count). The molecule has 0 aliphatic carbocycles. The Bertz CT molecular complexity index is 1440. The smallest absolute Gasteiger partial charge is 0.250 e. The number of hydrogen-bond donors (Lipinski definition) is 1. The number of nitrogens with one attached hydrogen (secondary N) is 1. The van der Waals surface area contributed by atoms with Crippen LogP contribution < -0.4 is 10.2 Å². The first-order chi connectivity index (χ1) is 16.4. The van der Waals surface area contributed by atoms with Crippen LogP contribution in [0.3, 0.4) is 0 Å². The molecule has 3 saturated heterocycles. The second kappa shape index (κ2) is 6.54. The molecule has 0 radical (unpaired) electrons. The van der Waals surface area contributed by atoms with Gasteiger partial charge in [-0.1, -0.05) is 54.1 Å². The standard InChI is InChI=1S/C28H25N3O3/c1-15-13-16(2)24-19(14-15)28(27(34)29-24)23-22(21-11-6-12-30(21)28)25(32)31(26(23)33)20-10-5-8-17-7-3-4-9-18(17)20/h3-5,7-10,13-14,21-23H,6,11-12H2,1-2H3,(H,29,34)/t21-,22+,23+,28-/m1/s1. The average molecular weight is 452 g/mol. The molecule has 4 aliphatic heterocycles. The number of benzene rings is 3. The molecule has 3 aromatic rings. The summed E-state index contributed by atoms with van der Waals surface area (Å²) in [5.74, 6) is -1.86. The molecule has 1 N–H and O–H groups in total. The van der Waals surface area contributed by atoms with Gasteiger partial charge in [0.25, 0.3) is 0 Å². The van der Waals surface area contributed by atoms with Crippen LogP contribution >= 0.6 is 0 Å². The van der Waals surface area contributed by atoms with Gasteiger partial charge in [0.1, 0.15) is 5.54 Å². The number of nitrogens with zero attached hydrogens (tertiary/aromatic N) is 2. The number of rotatable bonds is 1. The number of imide groups is 1. The molecule has 4 aliphatic rings. The fraction of sp³-hybridized carbons (Fsp3) is 0.321. The first kappa shape index (κ1) is 19.9. The van der Waals surface area contributed by atoms with Gasteiger partial charge < -0.3 is 5.32 Å². The van der Waals surface area contributed by atoms with Gasteiger partial charge in [0.15, 0.2) is 0 Å². The molecular formula is C28H25N3O3. The number of fused-ring (bicyclic) bond motifs is 8. The van der Waals surface area contributed by atoms with Crippen LogP contribution in [-0.4, -0.2) is 35.2 Å². The van der Waals surface area contributed by atoms with Crippen molar-refractivity contribution in [3.05, 3.63) is 71.3 Å². The van der Waals surface area contributed by atoms with E-state index in [9.17, 15) is 14.4 Å². The predicted octanol–water partition coefficient (Wildman–Crippen LogP) is 3.89. The van der Waals surface area contributed by atoms with Crippen LogP contribution in [0.1, 0.15) is 29.5 Å². The third-order valence-corrected chi connectivity index (χ3v) is 8.45. The van der Waals surface area contributed by atoms with Crippen molar-refractivity contribution in [1.82, 2.24) is 4.90 Å². The molecule has 4 heterocycles. The number of aryl methyl sites for hydroxylation is 2. The Morgan fingerprint density at radius 3 is 2.62 bits per heavy atom. The average Bonchev–Trinajstić information content (AvgIpc) is 3.53. The lowest BCUT2D eigenvalue weighted by Gasteiger charge is -2.37. The van der Waals surface area contributed by atoms with E-state index >= 15 is 0 Å². The van der Waals surface area contributed by atoms with Gasteiger partial charge in [-0.3, -0.25) is 19.3 Å². The van der Waals surface area contributed by atoms with Crippen LogP contribution in [-0.2, 0) is 19.9 Å². The lowest BCUT2D eigenvalue weighted by Crippen LogP contribution is -2.54. The molecular weight excluding hydrogens is 426 g/mol. The van der Waals surface area contributed by atoms with Crippen LogP contribution in [0.4, 0.5) is 11.4 Å². The van der Waals surface area contributed by atoms with Crippen LogP contribution in [0.2, 0.25) is 0 Å². The van der Waals surface area contributed by atoms with Crippen molar-refractivity contribution in [2.24, 2.45) is 11.8 Å². The maximum absolute atomic E-state index is 14.3. The van der Waals surface area contributed by atoms with Crippen molar-refractivity contribution in [1.29, 1.82) is 0 Å². The van der Waals surface area contributed by atoms with Crippen LogP contribution in [0.15, 0.2) is 54.6 Å². The minimum atomic E-state index is -1.13. The summed E-state index contributed by atoms with van der Waals surface area (Å²) in [6, 6.07) is 17.5. The second-order valence-electron chi connectivity index (χ2n) is 10.1. The Morgan fingerprint density at radius 1 is 0.971 bits per heavy atom. The minimum absolute atomic E-state index is 0.112. The molecule has 0 aromatic heterocycles. The summed E-state index contributed by atoms with van der Waals surface area (Å²) in [7, 11) is 0. The van der Waals surface area contributed by atoms with Crippen LogP contribution in [0.5, 0.6) is 0 Å². The molecule has 170 valence electrons. The Hall–Kier alpha value is -3.51. The van der Waals surface area contributed by atoms with Crippen molar-refractivity contribution in [3.8, 4) is 0 Å². The van der Waals surface area contributed by atoms with E-state index < -0.39 is 17.4 Å². The Morgan fingerprint density at radius 2 is 1.76 bits per heavy atom. The Kier molecular flexibility index (Phi) is 3.83. The molecule has 3 fully saturated rings. The highest BCUT2D eigenvalue weighted by atomic mass is 16.2. The van der Waals surface area contributed by atoms with Gasteiger partial charge in [-0.05, 0) is 50.2 Å². The van der Waals surface area contributed by atoms with Gasteiger partial charge in [0, 0.05) is 22.7 Å². The van der Waals surface area contributed by atoms with Gasteiger partial charge in [0.2, 0.25) is 17.7 Å². The highest BCUT2D eigenvalue weighted by Gasteiger charge is 2.74. The maximum Gasteiger partial charge on any atom is 0.250 e. The van der Waals surface area contributed by atoms with E-state index in [4.69, 9.17) is 0 Å². The second-order valence-corrected chi connectivity index (χ2v) is 10.1. The summed E-state index contributed by atoms with van der Waals surface area (Å²) in [5.41, 5.74) is 3.17.